The average molecular weight is 329 g/mol. The molecule has 3 N–H and O–H groups in total. The van der Waals surface area contributed by atoms with Gasteiger partial charge in [-0.25, -0.2) is 4.98 Å². The zero-order chi connectivity index (χ0) is 15.2. The van der Waals surface area contributed by atoms with Crippen molar-refractivity contribution in [1.29, 1.82) is 0 Å². The van der Waals surface area contributed by atoms with Crippen molar-refractivity contribution in [1.82, 2.24) is 10.3 Å². The maximum atomic E-state index is 12.3. The van der Waals surface area contributed by atoms with Crippen LogP contribution < -0.4 is 16.0 Å². The summed E-state index contributed by atoms with van der Waals surface area (Å²) in [5, 5.41) is 3.86. The van der Waals surface area contributed by atoms with E-state index < -0.39 is 0 Å². The van der Waals surface area contributed by atoms with E-state index >= 15 is 0 Å². The zero-order valence-corrected chi connectivity index (χ0v) is 14.4. The fourth-order valence-electron chi connectivity index (χ4n) is 2.46. The molecule has 0 aliphatic carbocycles. The van der Waals surface area contributed by atoms with Gasteiger partial charge in [-0.3, -0.25) is 4.79 Å². The number of aromatic nitrogens is 1. The van der Waals surface area contributed by atoms with Gasteiger partial charge in [0.05, 0.1) is 0 Å². The Morgan fingerprint density at radius 3 is 2.71 bits per heavy atom. The number of nitrogens with one attached hydrogen (secondary N) is 1. The molecule has 1 saturated heterocycles. The molecule has 0 spiro atoms. The molecule has 0 bridgehead atoms. The van der Waals surface area contributed by atoms with Crippen molar-refractivity contribution < 1.29 is 4.79 Å². The Kier molecular flexibility index (Phi) is 6.17. The summed E-state index contributed by atoms with van der Waals surface area (Å²) in [6.45, 7) is 4.02. The van der Waals surface area contributed by atoms with Gasteiger partial charge in [-0.05, 0) is 26.0 Å². The Morgan fingerprint density at radius 1 is 1.43 bits per heavy atom. The van der Waals surface area contributed by atoms with Crippen LogP contribution in [0.1, 0.15) is 42.3 Å². The minimum Gasteiger partial charge on any atom is -0.382 e. The molecule has 1 aromatic heterocycles. The minimum atomic E-state index is -0.104. The molecule has 0 saturated carbocycles. The van der Waals surface area contributed by atoms with Crippen LogP contribution in [0.3, 0.4) is 0 Å². The van der Waals surface area contributed by atoms with Crippen LogP contribution in [0.5, 0.6) is 0 Å². The summed E-state index contributed by atoms with van der Waals surface area (Å²) < 4.78 is 0. The molecule has 1 aliphatic heterocycles. The van der Waals surface area contributed by atoms with Crippen molar-refractivity contribution in [3.05, 3.63) is 4.88 Å². The van der Waals surface area contributed by atoms with Crippen LogP contribution in [0.25, 0.3) is 0 Å². The van der Waals surface area contributed by atoms with E-state index in [1.807, 2.05) is 13.2 Å². The molecular formula is C14H24N4OS2. The summed E-state index contributed by atoms with van der Waals surface area (Å²) in [5.41, 5.74) is 5.94. The third-order valence-corrected chi connectivity index (χ3v) is 5.48. The molecule has 1 aliphatic rings. The number of nitrogens with zero attached hydrogens (tertiary/aromatic N) is 2. The fourth-order valence-corrected chi connectivity index (χ4v) is 3.98. The highest BCUT2D eigenvalue weighted by molar-refractivity contribution is 7.98. The number of hydrogen-bond acceptors (Lipinski definition) is 6. The monoisotopic (exact) mass is 328 g/mol. The Labute approximate surface area is 134 Å². The second-order valence-electron chi connectivity index (χ2n) is 5.44. The van der Waals surface area contributed by atoms with E-state index in [1.165, 1.54) is 37.0 Å². The lowest BCUT2D eigenvalue weighted by atomic mass is 10.2. The number of thiazole rings is 1. The first kappa shape index (κ1) is 16.4. The molecule has 1 atom stereocenters. The highest BCUT2D eigenvalue weighted by atomic mass is 32.2. The van der Waals surface area contributed by atoms with Crippen LogP contribution in [0.4, 0.5) is 10.9 Å². The minimum absolute atomic E-state index is 0.104. The molecule has 1 aromatic rings. The van der Waals surface area contributed by atoms with Gasteiger partial charge in [0, 0.05) is 24.9 Å². The summed E-state index contributed by atoms with van der Waals surface area (Å²) in [6.07, 6.45) is 6.95. The fraction of sp³-hybridized carbons (Fsp3) is 0.714. The number of thioether (sulfide) groups is 1. The lowest BCUT2D eigenvalue weighted by Crippen LogP contribution is -2.34. The third-order valence-electron chi connectivity index (χ3n) is 3.52. The standard InChI is InChI=1S/C14H24N4OS2/c1-10(9-20-2)16-13(19)11-12(15)17-14(21-11)18-7-5-3-4-6-8-18/h10H,3-9,15H2,1-2H3,(H,16,19). The molecule has 0 aromatic carbocycles. The number of hydrogen-bond donors (Lipinski definition) is 2. The maximum Gasteiger partial charge on any atom is 0.265 e. The van der Waals surface area contributed by atoms with E-state index in [9.17, 15) is 4.79 Å². The first-order chi connectivity index (χ1) is 10.1. The largest absolute Gasteiger partial charge is 0.382 e. The van der Waals surface area contributed by atoms with Crippen molar-refractivity contribution >= 4 is 40.0 Å². The highest BCUT2D eigenvalue weighted by Crippen LogP contribution is 2.29. The zero-order valence-electron chi connectivity index (χ0n) is 12.7. The summed E-state index contributed by atoms with van der Waals surface area (Å²) in [6, 6.07) is 0.135. The third kappa shape index (κ3) is 4.51. The Morgan fingerprint density at radius 2 is 2.10 bits per heavy atom. The van der Waals surface area contributed by atoms with Crippen LogP contribution in [0.2, 0.25) is 0 Å². The summed E-state index contributed by atoms with van der Waals surface area (Å²) in [5.74, 6) is 1.14. The predicted octanol–water partition coefficient (Wildman–Crippen LogP) is 2.59. The van der Waals surface area contributed by atoms with Crippen LogP contribution in [0, 0.1) is 0 Å². The quantitative estimate of drug-likeness (QED) is 0.869. The van der Waals surface area contributed by atoms with Gasteiger partial charge in [-0.2, -0.15) is 11.8 Å². The molecule has 21 heavy (non-hydrogen) atoms. The Bertz CT molecular complexity index is 470. The molecule has 0 radical (unpaired) electrons. The number of anilines is 2. The summed E-state index contributed by atoms with van der Waals surface area (Å²) in [4.78, 5) is 19.5. The molecule has 1 amide bonds. The van der Waals surface area contributed by atoms with E-state index in [0.717, 1.165) is 24.0 Å². The van der Waals surface area contributed by atoms with Crippen molar-refractivity contribution in [2.45, 2.75) is 38.6 Å². The lowest BCUT2D eigenvalue weighted by Gasteiger charge is -2.18. The number of nitrogens with two attached hydrogens (primary N) is 1. The number of carbonyl (C=O) groups is 1. The number of rotatable bonds is 5. The maximum absolute atomic E-state index is 12.3. The number of carbonyl (C=O) groups excluding carboxylic acids is 1. The van der Waals surface area contributed by atoms with Crippen LogP contribution in [-0.2, 0) is 0 Å². The van der Waals surface area contributed by atoms with Gasteiger partial charge in [0.25, 0.3) is 5.91 Å². The molecular weight excluding hydrogens is 304 g/mol. The van der Waals surface area contributed by atoms with E-state index in [-0.39, 0.29) is 11.9 Å². The van der Waals surface area contributed by atoms with Crippen LogP contribution in [-0.4, -0.2) is 42.0 Å². The summed E-state index contributed by atoms with van der Waals surface area (Å²) in [7, 11) is 0. The number of nitrogen functional groups attached to an aromatic ring is 1. The van der Waals surface area contributed by atoms with Gasteiger partial charge in [0.2, 0.25) is 0 Å². The van der Waals surface area contributed by atoms with Crippen LogP contribution >= 0.6 is 23.1 Å². The van der Waals surface area contributed by atoms with E-state index in [4.69, 9.17) is 5.73 Å². The van der Waals surface area contributed by atoms with Gasteiger partial charge in [0.15, 0.2) is 5.13 Å². The molecule has 2 rings (SSSR count). The normalized spacial score (nSPS) is 17.3. The average Bonchev–Trinajstić information content (AvgIpc) is 2.66. The van der Waals surface area contributed by atoms with Gasteiger partial charge in [0.1, 0.15) is 10.7 Å². The lowest BCUT2D eigenvalue weighted by molar-refractivity contribution is 0.0948. The van der Waals surface area contributed by atoms with Crippen molar-refractivity contribution in [2.75, 3.05) is 35.7 Å². The molecule has 5 nitrogen and oxygen atoms in total. The van der Waals surface area contributed by atoms with E-state index in [0.29, 0.717) is 10.7 Å². The van der Waals surface area contributed by atoms with Crippen molar-refractivity contribution in [3.8, 4) is 0 Å². The SMILES string of the molecule is CSCC(C)NC(=O)c1sc(N2CCCCCC2)nc1N. The van der Waals surface area contributed by atoms with Gasteiger partial charge >= 0.3 is 0 Å². The van der Waals surface area contributed by atoms with Gasteiger partial charge in [-0.1, -0.05) is 24.2 Å². The van der Waals surface area contributed by atoms with Gasteiger partial charge < -0.3 is 16.0 Å². The first-order valence-corrected chi connectivity index (χ1v) is 9.64. The van der Waals surface area contributed by atoms with Crippen molar-refractivity contribution in [3.63, 3.8) is 0 Å². The second-order valence-corrected chi connectivity index (χ2v) is 7.33. The number of amides is 1. The molecule has 2 heterocycles. The molecule has 1 fully saturated rings. The van der Waals surface area contributed by atoms with Gasteiger partial charge in [-0.15, -0.1) is 0 Å². The smallest absolute Gasteiger partial charge is 0.265 e. The first-order valence-electron chi connectivity index (χ1n) is 7.43. The second kappa shape index (κ2) is 7.89. The molecule has 7 heteroatoms. The predicted molar refractivity (Wildman–Crippen MR) is 92.5 cm³/mol. The topological polar surface area (TPSA) is 71.2 Å². The molecule has 1 unspecified atom stereocenters. The van der Waals surface area contributed by atoms with E-state index in [1.54, 1.807) is 11.8 Å². The van der Waals surface area contributed by atoms with Crippen molar-refractivity contribution in [2.24, 2.45) is 0 Å². The summed E-state index contributed by atoms with van der Waals surface area (Å²) >= 11 is 3.13. The Hall–Kier alpha value is -0.950. The Balaban J connectivity index is 2.05. The highest BCUT2D eigenvalue weighted by Gasteiger charge is 2.21. The van der Waals surface area contributed by atoms with E-state index in [2.05, 4.69) is 15.2 Å². The molecule has 118 valence electrons. The van der Waals surface area contributed by atoms with Crippen LogP contribution in [0.15, 0.2) is 0 Å².